The van der Waals surface area contributed by atoms with Gasteiger partial charge in [-0.25, -0.2) is 0 Å². The molecule has 0 bridgehead atoms. The van der Waals surface area contributed by atoms with Gasteiger partial charge in [0.05, 0.1) is 18.3 Å². The van der Waals surface area contributed by atoms with E-state index < -0.39 is 0 Å². The first kappa shape index (κ1) is 12.2. The third kappa shape index (κ3) is 3.32. The predicted molar refractivity (Wildman–Crippen MR) is 57.4 cm³/mol. The Hall–Kier alpha value is -0.870. The van der Waals surface area contributed by atoms with Gasteiger partial charge in [-0.3, -0.25) is 4.79 Å². The molecule has 0 aromatic carbocycles. The molecular weight excluding hydrogens is 194 g/mol. The molecule has 4 heteroatoms. The fourth-order valence-electron chi connectivity index (χ4n) is 1.83. The Morgan fingerprint density at radius 3 is 2.93 bits per heavy atom. The highest BCUT2D eigenvalue weighted by molar-refractivity contribution is 5.77. The van der Waals surface area contributed by atoms with Gasteiger partial charge in [0.1, 0.15) is 0 Å². The van der Waals surface area contributed by atoms with Crippen molar-refractivity contribution in [3.8, 4) is 0 Å². The van der Waals surface area contributed by atoms with Crippen molar-refractivity contribution >= 4 is 5.91 Å². The van der Waals surface area contributed by atoms with Gasteiger partial charge < -0.3 is 14.7 Å². The van der Waals surface area contributed by atoms with Crippen LogP contribution in [0.3, 0.4) is 0 Å². The molecule has 86 valence electrons. The van der Waals surface area contributed by atoms with E-state index >= 15 is 0 Å². The van der Waals surface area contributed by atoms with Crippen molar-refractivity contribution in [3.63, 3.8) is 0 Å². The minimum Gasteiger partial charge on any atom is -0.394 e. The topological polar surface area (TPSA) is 49.8 Å². The number of hydrogen-bond acceptors (Lipinski definition) is 3. The molecule has 0 saturated carbocycles. The van der Waals surface area contributed by atoms with Gasteiger partial charge in [0, 0.05) is 19.5 Å². The first-order valence-electron chi connectivity index (χ1n) is 5.16. The Balaban J connectivity index is 2.65. The summed E-state index contributed by atoms with van der Waals surface area (Å²) in [6.45, 7) is 8.36. The highest BCUT2D eigenvalue weighted by Crippen LogP contribution is 2.21. The fourth-order valence-corrected chi connectivity index (χ4v) is 1.83. The summed E-state index contributed by atoms with van der Waals surface area (Å²) in [5, 5.41) is 9.07. The molecule has 0 aliphatic carbocycles. The molecule has 0 radical (unpaired) electrons. The number of aliphatic hydroxyl groups excluding tert-OH is 1. The SMILES string of the molecule is C=CCC(=O)N1CC(CO)OC(C)(C)C1. The van der Waals surface area contributed by atoms with Crippen LogP contribution in [0.2, 0.25) is 0 Å². The first-order valence-corrected chi connectivity index (χ1v) is 5.16. The third-order valence-electron chi connectivity index (χ3n) is 2.36. The minimum atomic E-state index is -0.386. The minimum absolute atomic E-state index is 0.0415. The van der Waals surface area contributed by atoms with Crippen LogP contribution in [-0.4, -0.2) is 47.3 Å². The van der Waals surface area contributed by atoms with Crippen LogP contribution in [0.5, 0.6) is 0 Å². The molecule has 1 unspecified atom stereocenters. The van der Waals surface area contributed by atoms with Gasteiger partial charge in [-0.1, -0.05) is 6.08 Å². The summed E-state index contributed by atoms with van der Waals surface area (Å²) in [7, 11) is 0. The largest absolute Gasteiger partial charge is 0.394 e. The molecule has 4 nitrogen and oxygen atoms in total. The van der Waals surface area contributed by atoms with E-state index in [1.165, 1.54) is 0 Å². The van der Waals surface area contributed by atoms with Gasteiger partial charge in [-0.2, -0.15) is 0 Å². The Bertz CT molecular complexity index is 250. The molecule has 1 rings (SSSR count). The van der Waals surface area contributed by atoms with Gasteiger partial charge in [-0.05, 0) is 13.8 Å². The number of rotatable bonds is 3. The van der Waals surface area contributed by atoms with Crippen LogP contribution >= 0.6 is 0 Å². The molecule has 15 heavy (non-hydrogen) atoms. The van der Waals surface area contributed by atoms with E-state index in [-0.39, 0.29) is 24.2 Å². The smallest absolute Gasteiger partial charge is 0.226 e. The maximum absolute atomic E-state index is 11.7. The number of morpholine rings is 1. The first-order chi connectivity index (χ1) is 6.98. The zero-order valence-electron chi connectivity index (χ0n) is 9.40. The van der Waals surface area contributed by atoms with E-state index in [0.717, 1.165) is 0 Å². The Morgan fingerprint density at radius 2 is 2.40 bits per heavy atom. The third-order valence-corrected chi connectivity index (χ3v) is 2.36. The summed E-state index contributed by atoms with van der Waals surface area (Å²) < 4.78 is 5.61. The second-order valence-corrected chi connectivity index (χ2v) is 4.45. The summed E-state index contributed by atoms with van der Waals surface area (Å²) in [6, 6.07) is 0. The molecule has 0 aromatic rings. The molecule has 0 aromatic heterocycles. The zero-order chi connectivity index (χ0) is 11.5. The van der Waals surface area contributed by atoms with Crippen LogP contribution in [0.1, 0.15) is 20.3 Å². The van der Waals surface area contributed by atoms with Crippen molar-refractivity contribution in [1.82, 2.24) is 4.90 Å². The van der Waals surface area contributed by atoms with Crippen LogP contribution in [0, 0.1) is 0 Å². The summed E-state index contributed by atoms with van der Waals surface area (Å²) in [5.74, 6) is 0.0415. The molecule has 1 aliphatic rings. The quantitative estimate of drug-likeness (QED) is 0.697. The lowest BCUT2D eigenvalue weighted by Crippen LogP contribution is -2.55. The van der Waals surface area contributed by atoms with E-state index in [4.69, 9.17) is 9.84 Å². The lowest BCUT2D eigenvalue weighted by Gasteiger charge is -2.42. The standard InChI is InChI=1S/C11H19NO3/c1-4-5-10(14)12-6-9(7-13)15-11(2,3)8-12/h4,9,13H,1,5-8H2,2-3H3. The Morgan fingerprint density at radius 1 is 1.73 bits per heavy atom. The van der Waals surface area contributed by atoms with Crippen molar-refractivity contribution in [1.29, 1.82) is 0 Å². The van der Waals surface area contributed by atoms with E-state index in [1.807, 2.05) is 13.8 Å². The monoisotopic (exact) mass is 213 g/mol. The maximum atomic E-state index is 11.7. The number of carbonyl (C=O) groups is 1. The summed E-state index contributed by atoms with van der Waals surface area (Å²) >= 11 is 0. The second kappa shape index (κ2) is 4.77. The number of carbonyl (C=O) groups excluding carboxylic acids is 1. The maximum Gasteiger partial charge on any atom is 0.226 e. The normalized spacial score (nSPS) is 25.0. The van der Waals surface area contributed by atoms with E-state index in [9.17, 15) is 4.79 Å². The summed E-state index contributed by atoms with van der Waals surface area (Å²) in [6.07, 6.45) is 1.66. The summed E-state index contributed by atoms with van der Waals surface area (Å²) in [5.41, 5.74) is -0.386. The molecule has 1 N–H and O–H groups in total. The average Bonchev–Trinajstić information content (AvgIpc) is 2.15. The van der Waals surface area contributed by atoms with Crippen LogP contribution < -0.4 is 0 Å². The molecule has 0 spiro atoms. The average molecular weight is 213 g/mol. The molecule has 1 fully saturated rings. The van der Waals surface area contributed by atoms with Crippen molar-refractivity contribution in [3.05, 3.63) is 12.7 Å². The molecule has 1 aliphatic heterocycles. The van der Waals surface area contributed by atoms with E-state index in [2.05, 4.69) is 6.58 Å². The molecule has 1 heterocycles. The number of ether oxygens (including phenoxy) is 1. The van der Waals surface area contributed by atoms with Gasteiger partial charge in [0.25, 0.3) is 0 Å². The van der Waals surface area contributed by atoms with Crippen LogP contribution in [-0.2, 0) is 9.53 Å². The second-order valence-electron chi connectivity index (χ2n) is 4.45. The van der Waals surface area contributed by atoms with Gasteiger partial charge in [0.2, 0.25) is 5.91 Å². The molecular formula is C11H19NO3. The zero-order valence-corrected chi connectivity index (χ0v) is 9.40. The van der Waals surface area contributed by atoms with E-state index in [0.29, 0.717) is 19.5 Å². The Labute approximate surface area is 90.5 Å². The van der Waals surface area contributed by atoms with Gasteiger partial charge in [-0.15, -0.1) is 6.58 Å². The van der Waals surface area contributed by atoms with Crippen LogP contribution in [0.15, 0.2) is 12.7 Å². The van der Waals surface area contributed by atoms with Crippen LogP contribution in [0.4, 0.5) is 0 Å². The molecule has 1 amide bonds. The number of hydrogen-bond donors (Lipinski definition) is 1. The van der Waals surface area contributed by atoms with Crippen molar-refractivity contribution in [2.45, 2.75) is 32.0 Å². The summed E-state index contributed by atoms with van der Waals surface area (Å²) in [4.78, 5) is 13.4. The van der Waals surface area contributed by atoms with Crippen molar-refractivity contribution in [2.24, 2.45) is 0 Å². The van der Waals surface area contributed by atoms with Crippen LogP contribution in [0.25, 0.3) is 0 Å². The number of nitrogens with zero attached hydrogens (tertiary/aromatic N) is 1. The number of aliphatic hydroxyl groups is 1. The molecule has 1 atom stereocenters. The van der Waals surface area contributed by atoms with Crippen molar-refractivity contribution in [2.75, 3.05) is 19.7 Å². The number of amides is 1. The highest BCUT2D eigenvalue weighted by atomic mass is 16.5. The lowest BCUT2D eigenvalue weighted by molar-refractivity contribution is -0.166. The molecule has 1 saturated heterocycles. The Kier molecular flexibility index (Phi) is 3.88. The highest BCUT2D eigenvalue weighted by Gasteiger charge is 2.34. The lowest BCUT2D eigenvalue weighted by atomic mass is 10.0. The fraction of sp³-hybridized carbons (Fsp3) is 0.727. The van der Waals surface area contributed by atoms with E-state index in [1.54, 1.807) is 11.0 Å². The van der Waals surface area contributed by atoms with Gasteiger partial charge in [0.15, 0.2) is 0 Å². The predicted octanol–water partition coefficient (Wildman–Crippen LogP) is 0.561. The van der Waals surface area contributed by atoms with Crippen molar-refractivity contribution < 1.29 is 14.6 Å². The van der Waals surface area contributed by atoms with Gasteiger partial charge >= 0.3 is 0 Å².